The van der Waals surface area contributed by atoms with E-state index < -0.39 is 104 Å². The van der Waals surface area contributed by atoms with Gasteiger partial charge in [-0.3, -0.25) is 0 Å². The normalized spacial score (nSPS) is 15.5. The number of rotatable bonds is 33. The van der Waals surface area contributed by atoms with Gasteiger partial charge in [-0.15, -0.1) is 87.8 Å². The van der Waals surface area contributed by atoms with E-state index in [9.17, 15) is 105 Å². The number of hydrogen-bond acceptors (Lipinski definition) is 16. The number of halogens is 24. The minimum absolute atomic E-state index is 0.0525. The average molecular weight is 1010 g/mol. The molecule has 0 atom stereocenters. The van der Waals surface area contributed by atoms with Crippen LogP contribution in [0.4, 0.5) is 105 Å². The Morgan fingerprint density at radius 3 is 0.790 bits per heavy atom. The van der Waals surface area contributed by atoms with Crippen molar-refractivity contribution in [1.82, 2.24) is 0 Å². The lowest BCUT2D eigenvalue weighted by atomic mass is 10.4. The van der Waals surface area contributed by atoms with Gasteiger partial charge < -0.3 is 23.1 Å². The van der Waals surface area contributed by atoms with Crippen molar-refractivity contribution in [2.45, 2.75) is 94.0 Å². The maximum Gasteiger partial charge on any atom is 0.500 e. The molecule has 16 nitrogen and oxygen atoms in total. The van der Waals surface area contributed by atoms with Crippen molar-refractivity contribution in [3.63, 3.8) is 0 Å². The van der Waals surface area contributed by atoms with Gasteiger partial charge in [-0.1, -0.05) is 0 Å². The molecule has 0 aromatic rings. The molecule has 0 aliphatic carbocycles. The molecule has 0 aliphatic rings. The van der Waals surface area contributed by atoms with Crippen LogP contribution in [0.15, 0.2) is 0 Å². The summed E-state index contributed by atoms with van der Waals surface area (Å²) >= 11 is 0. The second-order valence-electron chi connectivity index (χ2n) is 9.99. The van der Waals surface area contributed by atoms with E-state index in [1.54, 1.807) is 28.4 Å². The molecule has 0 aliphatic heterocycles. The first kappa shape index (κ1) is 59.9. The highest BCUT2D eigenvalue weighted by Crippen LogP contribution is 2.44. The zero-order valence-corrected chi connectivity index (χ0v) is 30.4. The summed E-state index contributed by atoms with van der Waals surface area (Å²) in [4.78, 5) is 0. The first-order chi connectivity index (χ1) is 27.2. The monoisotopic (exact) mass is 1010 g/mol. The quantitative estimate of drug-likeness (QED) is 0.0298. The molecule has 0 heterocycles. The zero-order valence-electron chi connectivity index (χ0n) is 29.4. The van der Waals surface area contributed by atoms with Crippen LogP contribution < -0.4 is 0 Å². The average Bonchev–Trinajstić information content (AvgIpc) is 2.93. The number of alkyl halides is 24. The van der Waals surface area contributed by atoms with Gasteiger partial charge in [0.05, 0.1) is 0 Å². The summed E-state index contributed by atoms with van der Waals surface area (Å²) < 4.78 is 359. The minimum atomic E-state index is -7.24. The molecule has 0 fully saturated rings. The maximum absolute atomic E-state index is 13.7. The summed E-state index contributed by atoms with van der Waals surface area (Å²) in [5.41, 5.74) is 0. The molecule has 41 heteroatoms. The Kier molecular flexibility index (Phi) is 20.3. The van der Waals surface area contributed by atoms with Gasteiger partial charge in [0, 0.05) is 34.0 Å². The summed E-state index contributed by atoms with van der Waals surface area (Å²) in [7, 11) is 0.427. The van der Waals surface area contributed by atoms with Gasteiger partial charge in [-0.25, -0.2) is 52.1 Å². The van der Waals surface area contributed by atoms with Gasteiger partial charge >= 0.3 is 84.0 Å². The van der Waals surface area contributed by atoms with Crippen LogP contribution in [-0.2, 0) is 70.1 Å². The molecular formula is C21H22F24O16Si. The molecule has 0 saturated carbocycles. The van der Waals surface area contributed by atoms with E-state index >= 15 is 0 Å². The van der Waals surface area contributed by atoms with Crippen molar-refractivity contribution >= 4 is 8.80 Å². The van der Waals surface area contributed by atoms with E-state index in [1.165, 1.54) is 21.3 Å². The highest BCUT2D eigenvalue weighted by Gasteiger charge is 2.65. The van der Waals surface area contributed by atoms with E-state index in [1.807, 2.05) is 9.47 Å². The van der Waals surface area contributed by atoms with Crippen molar-refractivity contribution in [2.75, 3.05) is 41.2 Å². The molecule has 0 radical (unpaired) electrons. The van der Waals surface area contributed by atoms with Crippen LogP contribution in [0.2, 0.25) is 6.04 Å². The fourth-order valence-corrected chi connectivity index (χ4v) is 4.95. The fraction of sp³-hybridized carbons (Fsp3) is 1.00. The van der Waals surface area contributed by atoms with Crippen LogP contribution in [0.3, 0.4) is 0 Å². The van der Waals surface area contributed by atoms with E-state index in [4.69, 9.17) is 18.4 Å². The Morgan fingerprint density at radius 1 is 0.339 bits per heavy atom. The Bertz CT molecular complexity index is 1350. The van der Waals surface area contributed by atoms with Gasteiger partial charge in [0.25, 0.3) is 0 Å². The van der Waals surface area contributed by atoms with Crippen LogP contribution in [0.1, 0.15) is 12.8 Å². The van der Waals surface area contributed by atoms with E-state index in [0.29, 0.717) is 0 Å². The number of aliphatic hydroxyl groups excluding tert-OH is 1. The third-order valence-electron chi connectivity index (χ3n) is 5.08. The smallest absolute Gasteiger partial charge is 0.387 e. The Morgan fingerprint density at radius 2 is 0.565 bits per heavy atom. The Balaban J connectivity index is 5.45. The predicted molar refractivity (Wildman–Crippen MR) is 130 cm³/mol. The van der Waals surface area contributed by atoms with Crippen molar-refractivity contribution in [3.05, 3.63) is 0 Å². The minimum Gasteiger partial charge on any atom is -0.387 e. The maximum atomic E-state index is 13.7. The molecule has 62 heavy (non-hydrogen) atoms. The van der Waals surface area contributed by atoms with Gasteiger partial charge in [0.2, 0.25) is 0 Å². The summed E-state index contributed by atoms with van der Waals surface area (Å²) in [5.74, 6) is 0. The van der Waals surface area contributed by atoms with Crippen molar-refractivity contribution in [2.24, 2.45) is 0 Å². The fourth-order valence-electron chi connectivity index (χ4n) is 3.16. The molecular weight excluding hydrogens is 992 g/mol. The molecule has 0 aromatic carbocycles. The molecule has 1 N–H and O–H groups in total. The molecule has 0 amide bonds. The number of hydrogen-bond donors (Lipinski definition) is 1. The molecule has 374 valence electrons. The molecule has 0 aromatic heterocycles. The number of unbranched alkanes of at least 4 members (excludes halogenated alkanes) is 1. The SMILES string of the molecule is CO[Si](CCCCOCC(F)(F)OC(F)(F)OC(F)(F)OC(F)(F)OC(F)(F)OC(F)(F)OC(F)(F)OC(F)(F)OC(F)(F)OC(F)(F)OC(F)(F)OC(F)(F)CO)(OC)OC. The van der Waals surface area contributed by atoms with Crippen molar-refractivity contribution < 1.29 is 181 Å². The number of ether oxygens (including phenoxy) is 12. The lowest BCUT2D eigenvalue weighted by Crippen LogP contribution is -2.50. The predicted octanol–water partition coefficient (Wildman–Crippen LogP) is 7.52. The zero-order chi connectivity index (χ0) is 49.3. The third-order valence-corrected chi connectivity index (χ3v) is 7.92. The second-order valence-corrected chi connectivity index (χ2v) is 13.1. The van der Waals surface area contributed by atoms with E-state index in [-0.39, 0.29) is 18.9 Å². The lowest BCUT2D eigenvalue weighted by molar-refractivity contribution is -0.652. The first-order valence-electron chi connectivity index (χ1n) is 14.3. The second kappa shape index (κ2) is 21.0. The van der Waals surface area contributed by atoms with Gasteiger partial charge in [-0.2, -0.15) is 17.6 Å². The van der Waals surface area contributed by atoms with Gasteiger partial charge in [0.15, 0.2) is 0 Å². The third kappa shape index (κ3) is 24.8. The molecule has 0 spiro atoms. The van der Waals surface area contributed by atoms with Gasteiger partial charge in [0.1, 0.15) is 13.2 Å². The van der Waals surface area contributed by atoms with Crippen LogP contribution >= 0.6 is 0 Å². The topological polar surface area (TPSA) is 159 Å². The van der Waals surface area contributed by atoms with Crippen LogP contribution in [0.5, 0.6) is 0 Å². The lowest BCUT2D eigenvalue weighted by Gasteiger charge is -2.30. The standard InChI is InChI=1S/C21H22F24O16Si/c1-47-62(48-2,49-3)7-5-4-6-50-9-11(24,25)52-13(28,29)54-15(32,33)56-17(36,37)58-19(40,41)60-21(44,45)61-20(42,43)59-18(38,39)57-16(34,35)55-14(30,31)53-12(26,27)51-10(22,23)8-46/h46H,4-9H2,1-3H3. The van der Waals surface area contributed by atoms with Gasteiger partial charge in [-0.05, 0) is 12.8 Å². The summed E-state index contributed by atoms with van der Waals surface area (Å²) in [6, 6.07) is 0.0525. The highest BCUT2D eigenvalue weighted by molar-refractivity contribution is 6.60. The largest absolute Gasteiger partial charge is 0.500 e. The van der Waals surface area contributed by atoms with E-state index in [2.05, 4.69) is 18.9 Å². The summed E-state index contributed by atoms with van der Waals surface area (Å²) in [6.07, 6.45) is -80.8. The molecule has 0 bridgehead atoms. The Labute approximate surface area is 325 Å². The first-order valence-corrected chi connectivity index (χ1v) is 16.2. The highest BCUT2D eigenvalue weighted by atomic mass is 28.4. The van der Waals surface area contributed by atoms with Crippen LogP contribution in [0, 0.1) is 0 Å². The molecule has 0 rings (SSSR count). The molecule has 0 saturated heterocycles. The van der Waals surface area contributed by atoms with Crippen molar-refractivity contribution in [1.29, 1.82) is 0 Å². The summed E-state index contributed by atoms with van der Waals surface area (Å²) in [6.45, 7) is -5.67. The molecule has 0 unspecified atom stereocenters. The van der Waals surface area contributed by atoms with E-state index in [0.717, 1.165) is 0 Å². The Hall–Kier alpha value is -2.10. The summed E-state index contributed by atoms with van der Waals surface area (Å²) in [5, 5.41) is 7.98. The van der Waals surface area contributed by atoms with Crippen molar-refractivity contribution in [3.8, 4) is 0 Å². The number of aliphatic hydroxyl groups is 1. The van der Waals surface area contributed by atoms with Crippen LogP contribution in [-0.4, -0.2) is 130 Å². The van der Waals surface area contributed by atoms with Crippen LogP contribution in [0.25, 0.3) is 0 Å².